The van der Waals surface area contributed by atoms with Crippen molar-refractivity contribution in [3.05, 3.63) is 29.3 Å². The molecular weight excluding hydrogens is 242 g/mol. The van der Waals surface area contributed by atoms with Crippen LogP contribution >= 0.6 is 11.8 Å². The average molecular weight is 263 g/mol. The van der Waals surface area contributed by atoms with E-state index in [2.05, 4.69) is 37.4 Å². The molecule has 1 aromatic rings. The number of hydrogen-bond donors (Lipinski definition) is 1. The lowest BCUT2D eigenvalue weighted by Crippen LogP contribution is -2.32. The summed E-state index contributed by atoms with van der Waals surface area (Å²) in [6.45, 7) is 6.12. The van der Waals surface area contributed by atoms with Crippen molar-refractivity contribution in [2.75, 3.05) is 18.8 Å². The summed E-state index contributed by atoms with van der Waals surface area (Å²) in [7, 11) is 0. The second-order valence-corrected chi connectivity index (χ2v) is 6.13. The quantitative estimate of drug-likeness (QED) is 0.667. The zero-order chi connectivity index (χ0) is 13.0. The number of hydrogen-bond acceptors (Lipinski definition) is 3. The first-order valence-corrected chi connectivity index (χ1v) is 7.69. The van der Waals surface area contributed by atoms with Gasteiger partial charge in [0.1, 0.15) is 0 Å². The Labute approximate surface area is 114 Å². The number of benzene rings is 1. The summed E-state index contributed by atoms with van der Waals surface area (Å²) in [6.07, 6.45) is 1.95. The standard InChI is InChI=1S/C15H21NOS/c1-3-18-14-5-4-11(2)10-13(14)15(17)12-6-8-16-9-7-12/h4-5,10,12,16H,3,6-9H2,1-2H3. The third-order valence-electron chi connectivity index (χ3n) is 3.41. The van der Waals surface area contributed by atoms with Gasteiger partial charge in [0.2, 0.25) is 0 Å². The fourth-order valence-corrected chi connectivity index (χ4v) is 3.21. The summed E-state index contributed by atoms with van der Waals surface area (Å²) < 4.78 is 0. The van der Waals surface area contributed by atoms with Crippen LogP contribution in [-0.2, 0) is 0 Å². The summed E-state index contributed by atoms with van der Waals surface area (Å²) >= 11 is 1.77. The Kier molecular flexibility index (Phi) is 4.84. The molecule has 0 atom stereocenters. The second kappa shape index (κ2) is 6.39. The summed E-state index contributed by atoms with van der Waals surface area (Å²) in [5, 5.41) is 3.31. The summed E-state index contributed by atoms with van der Waals surface area (Å²) in [4.78, 5) is 13.8. The maximum atomic E-state index is 12.6. The first-order chi connectivity index (χ1) is 8.72. The fraction of sp³-hybridized carbons (Fsp3) is 0.533. The molecule has 0 unspecified atom stereocenters. The first kappa shape index (κ1) is 13.6. The van der Waals surface area contributed by atoms with E-state index in [0.717, 1.165) is 42.1 Å². The predicted octanol–water partition coefficient (Wildman–Crippen LogP) is 3.29. The number of ketones is 1. The zero-order valence-corrected chi connectivity index (χ0v) is 12.0. The summed E-state index contributed by atoms with van der Waals surface area (Å²) in [5.74, 6) is 1.57. The van der Waals surface area contributed by atoms with E-state index < -0.39 is 0 Å². The minimum Gasteiger partial charge on any atom is -0.317 e. The van der Waals surface area contributed by atoms with Gasteiger partial charge >= 0.3 is 0 Å². The zero-order valence-electron chi connectivity index (χ0n) is 11.2. The Morgan fingerprint density at radius 3 is 2.78 bits per heavy atom. The van der Waals surface area contributed by atoms with Crippen LogP contribution in [0, 0.1) is 12.8 Å². The molecule has 0 aliphatic carbocycles. The van der Waals surface area contributed by atoms with Gasteiger partial charge in [0.25, 0.3) is 0 Å². The molecule has 0 saturated carbocycles. The highest BCUT2D eigenvalue weighted by Gasteiger charge is 2.24. The fourth-order valence-electron chi connectivity index (χ4n) is 2.42. The van der Waals surface area contributed by atoms with E-state index in [1.54, 1.807) is 11.8 Å². The minimum absolute atomic E-state index is 0.212. The monoisotopic (exact) mass is 263 g/mol. The van der Waals surface area contributed by atoms with E-state index in [4.69, 9.17) is 0 Å². The smallest absolute Gasteiger partial charge is 0.167 e. The van der Waals surface area contributed by atoms with Crippen LogP contribution < -0.4 is 5.32 Å². The lowest BCUT2D eigenvalue weighted by atomic mass is 9.89. The van der Waals surface area contributed by atoms with Gasteiger partial charge in [-0.3, -0.25) is 4.79 Å². The van der Waals surface area contributed by atoms with Gasteiger partial charge in [-0.15, -0.1) is 11.8 Å². The Morgan fingerprint density at radius 1 is 1.39 bits per heavy atom. The van der Waals surface area contributed by atoms with Crippen molar-refractivity contribution in [2.24, 2.45) is 5.92 Å². The number of thioether (sulfide) groups is 1. The predicted molar refractivity (Wildman–Crippen MR) is 77.5 cm³/mol. The van der Waals surface area contributed by atoms with Crippen LogP contribution in [0.25, 0.3) is 0 Å². The molecule has 0 radical (unpaired) electrons. The van der Waals surface area contributed by atoms with Gasteiger partial charge in [0.15, 0.2) is 5.78 Å². The lowest BCUT2D eigenvalue weighted by Gasteiger charge is -2.22. The summed E-state index contributed by atoms with van der Waals surface area (Å²) in [5.41, 5.74) is 2.11. The molecule has 98 valence electrons. The molecule has 0 spiro atoms. The van der Waals surface area contributed by atoms with Gasteiger partial charge in [-0.05, 0) is 50.7 Å². The molecule has 1 saturated heterocycles. The van der Waals surface area contributed by atoms with E-state index in [1.807, 2.05) is 0 Å². The highest BCUT2D eigenvalue weighted by atomic mass is 32.2. The van der Waals surface area contributed by atoms with Crippen molar-refractivity contribution in [1.82, 2.24) is 5.32 Å². The highest BCUT2D eigenvalue weighted by molar-refractivity contribution is 7.99. The van der Waals surface area contributed by atoms with E-state index >= 15 is 0 Å². The molecule has 1 N–H and O–H groups in total. The Morgan fingerprint density at radius 2 is 2.11 bits per heavy atom. The van der Waals surface area contributed by atoms with Crippen LogP contribution in [0.15, 0.2) is 23.1 Å². The molecule has 0 amide bonds. The number of aryl methyl sites for hydroxylation is 1. The molecule has 3 heteroatoms. The van der Waals surface area contributed by atoms with E-state index in [9.17, 15) is 4.79 Å². The van der Waals surface area contributed by atoms with Crippen molar-refractivity contribution >= 4 is 17.5 Å². The molecule has 1 aliphatic rings. The van der Waals surface area contributed by atoms with Crippen molar-refractivity contribution in [2.45, 2.75) is 31.6 Å². The number of rotatable bonds is 4. The number of carbonyl (C=O) groups excluding carboxylic acids is 1. The van der Waals surface area contributed by atoms with Gasteiger partial charge in [-0.25, -0.2) is 0 Å². The van der Waals surface area contributed by atoms with Gasteiger partial charge in [-0.2, -0.15) is 0 Å². The van der Waals surface area contributed by atoms with Crippen LogP contribution in [0.2, 0.25) is 0 Å². The van der Waals surface area contributed by atoms with E-state index in [0.29, 0.717) is 5.78 Å². The minimum atomic E-state index is 0.212. The largest absolute Gasteiger partial charge is 0.317 e. The molecule has 2 rings (SSSR count). The molecule has 1 aromatic carbocycles. The van der Waals surface area contributed by atoms with Crippen LogP contribution in [-0.4, -0.2) is 24.6 Å². The Balaban J connectivity index is 2.24. The van der Waals surface area contributed by atoms with Crippen molar-refractivity contribution in [3.8, 4) is 0 Å². The van der Waals surface area contributed by atoms with E-state index in [1.165, 1.54) is 5.56 Å². The maximum absolute atomic E-state index is 12.6. The lowest BCUT2D eigenvalue weighted by molar-refractivity contribution is 0.0892. The molecule has 0 bridgehead atoms. The van der Waals surface area contributed by atoms with Gasteiger partial charge < -0.3 is 5.32 Å². The third-order valence-corrected chi connectivity index (χ3v) is 4.37. The number of Topliss-reactive ketones (excluding diaryl/α,β-unsaturated/α-hetero) is 1. The van der Waals surface area contributed by atoms with Crippen LogP contribution in [0.4, 0.5) is 0 Å². The van der Waals surface area contributed by atoms with Crippen LogP contribution in [0.1, 0.15) is 35.7 Å². The third kappa shape index (κ3) is 3.15. The number of carbonyl (C=O) groups is 1. The molecule has 1 fully saturated rings. The topological polar surface area (TPSA) is 29.1 Å². The maximum Gasteiger partial charge on any atom is 0.167 e. The van der Waals surface area contributed by atoms with Gasteiger partial charge in [0, 0.05) is 16.4 Å². The van der Waals surface area contributed by atoms with E-state index in [-0.39, 0.29) is 5.92 Å². The Hall–Kier alpha value is -0.800. The molecule has 0 aromatic heterocycles. The first-order valence-electron chi connectivity index (χ1n) is 6.70. The van der Waals surface area contributed by atoms with Crippen LogP contribution in [0.3, 0.4) is 0 Å². The van der Waals surface area contributed by atoms with Gasteiger partial charge in [0.05, 0.1) is 0 Å². The Bertz CT molecular complexity index is 425. The molecule has 1 aliphatic heterocycles. The molecule has 2 nitrogen and oxygen atoms in total. The molecular formula is C15H21NOS. The second-order valence-electron chi connectivity index (χ2n) is 4.82. The molecule has 18 heavy (non-hydrogen) atoms. The van der Waals surface area contributed by atoms with Crippen molar-refractivity contribution in [3.63, 3.8) is 0 Å². The van der Waals surface area contributed by atoms with Gasteiger partial charge in [-0.1, -0.05) is 18.6 Å². The normalized spacial score (nSPS) is 16.8. The highest BCUT2D eigenvalue weighted by Crippen LogP contribution is 2.28. The number of piperidine rings is 1. The number of nitrogens with one attached hydrogen (secondary N) is 1. The van der Waals surface area contributed by atoms with Crippen molar-refractivity contribution in [1.29, 1.82) is 0 Å². The average Bonchev–Trinajstić information content (AvgIpc) is 2.41. The van der Waals surface area contributed by atoms with Crippen LogP contribution in [0.5, 0.6) is 0 Å². The SMILES string of the molecule is CCSc1ccc(C)cc1C(=O)C1CCNCC1. The van der Waals surface area contributed by atoms with Crippen molar-refractivity contribution < 1.29 is 4.79 Å². The summed E-state index contributed by atoms with van der Waals surface area (Å²) in [6, 6.07) is 6.25. The molecule has 1 heterocycles.